The second-order valence-electron chi connectivity index (χ2n) is 7.59. The van der Waals surface area contributed by atoms with E-state index in [4.69, 9.17) is 5.73 Å². The van der Waals surface area contributed by atoms with Crippen molar-refractivity contribution < 1.29 is 9.59 Å². The lowest BCUT2D eigenvalue weighted by molar-refractivity contribution is -0.127. The van der Waals surface area contributed by atoms with E-state index in [1.165, 1.54) is 0 Å². The number of nitrogens with zero attached hydrogens (tertiary/aromatic N) is 2. The number of nitrogens with one attached hydrogen (secondary N) is 3. The molecular weight excluding hydrogens is 415 g/mol. The monoisotopic (exact) mass is 443 g/mol. The second-order valence-corrected chi connectivity index (χ2v) is 7.59. The lowest BCUT2D eigenvalue weighted by atomic mass is 9.82. The minimum Gasteiger partial charge on any atom is -0.384 e. The summed E-state index contributed by atoms with van der Waals surface area (Å²) in [6.07, 6.45) is 7.06. The first-order valence-corrected chi connectivity index (χ1v) is 10.9. The van der Waals surface area contributed by atoms with Crippen LogP contribution in [0.5, 0.6) is 0 Å². The first-order valence-electron chi connectivity index (χ1n) is 10.9. The summed E-state index contributed by atoms with van der Waals surface area (Å²) in [5, 5.41) is 8.72. The van der Waals surface area contributed by atoms with E-state index in [-0.39, 0.29) is 18.4 Å². The van der Waals surface area contributed by atoms with Crippen LogP contribution in [0.2, 0.25) is 0 Å². The summed E-state index contributed by atoms with van der Waals surface area (Å²) in [7, 11) is 1.89. The Morgan fingerprint density at radius 1 is 0.939 bits per heavy atom. The molecule has 3 aromatic rings. The SMILES string of the molecule is Nc1ccc(CNC(=O)CNC(=O)C(CCc2ccncc2)N[B]Cc2ccccc2)cn1. The maximum absolute atomic E-state index is 12.8. The summed E-state index contributed by atoms with van der Waals surface area (Å²) >= 11 is 0. The molecule has 8 nitrogen and oxygen atoms in total. The number of anilines is 1. The van der Waals surface area contributed by atoms with Gasteiger partial charge in [-0.15, -0.1) is 0 Å². The maximum atomic E-state index is 12.8. The van der Waals surface area contributed by atoms with Crippen LogP contribution in [0.25, 0.3) is 0 Å². The summed E-state index contributed by atoms with van der Waals surface area (Å²) in [6.45, 7) is 0.212. The highest BCUT2D eigenvalue weighted by Gasteiger charge is 2.18. The Kier molecular flexibility index (Phi) is 9.41. The zero-order valence-corrected chi connectivity index (χ0v) is 18.4. The van der Waals surface area contributed by atoms with Crippen molar-refractivity contribution in [3.05, 3.63) is 89.9 Å². The van der Waals surface area contributed by atoms with E-state index in [0.717, 1.165) is 16.7 Å². The highest BCUT2D eigenvalue weighted by molar-refractivity contribution is 6.32. The summed E-state index contributed by atoms with van der Waals surface area (Å²) in [5.74, 6) is -0.0780. The highest BCUT2D eigenvalue weighted by Crippen LogP contribution is 2.05. The average molecular weight is 443 g/mol. The van der Waals surface area contributed by atoms with Crippen LogP contribution < -0.4 is 21.6 Å². The summed E-state index contributed by atoms with van der Waals surface area (Å²) in [5.41, 5.74) is 8.64. The Labute approximate surface area is 194 Å². The molecule has 9 heteroatoms. The van der Waals surface area contributed by atoms with E-state index >= 15 is 0 Å². The van der Waals surface area contributed by atoms with Crippen molar-refractivity contribution in [2.24, 2.45) is 0 Å². The third-order valence-electron chi connectivity index (χ3n) is 5.05. The molecule has 2 aromatic heterocycles. The molecule has 33 heavy (non-hydrogen) atoms. The standard InChI is InChI=1S/C24H28BN6O2/c26-22-9-7-20(15-28-22)16-29-23(32)17-30-24(33)21(8-6-18-10-12-27-13-11-18)31-25-14-19-4-2-1-3-5-19/h1-5,7,9-13,15,21,31H,6,8,14,16-17H2,(H2,26,28)(H,29,32)(H,30,33). The van der Waals surface area contributed by atoms with Gasteiger partial charge >= 0.3 is 0 Å². The quantitative estimate of drug-likeness (QED) is 0.312. The predicted octanol–water partition coefficient (Wildman–Crippen LogP) is 1.20. The van der Waals surface area contributed by atoms with Crippen LogP contribution in [-0.4, -0.2) is 41.8 Å². The summed E-state index contributed by atoms with van der Waals surface area (Å²) in [6, 6.07) is 16.9. The summed E-state index contributed by atoms with van der Waals surface area (Å²) in [4.78, 5) is 33.0. The van der Waals surface area contributed by atoms with Crippen molar-refractivity contribution in [1.29, 1.82) is 0 Å². The third-order valence-corrected chi connectivity index (χ3v) is 5.05. The fourth-order valence-electron chi connectivity index (χ4n) is 3.18. The van der Waals surface area contributed by atoms with Crippen LogP contribution in [0.15, 0.2) is 73.2 Å². The number of amides is 2. The first-order chi connectivity index (χ1) is 16.1. The predicted molar refractivity (Wildman–Crippen MR) is 129 cm³/mol. The van der Waals surface area contributed by atoms with Gasteiger partial charge in [0, 0.05) is 25.1 Å². The molecule has 1 aromatic carbocycles. The molecule has 0 bridgehead atoms. The van der Waals surface area contributed by atoms with Gasteiger partial charge in [0.1, 0.15) is 5.82 Å². The molecule has 3 rings (SSSR count). The number of carbonyl (C=O) groups excluding carboxylic acids is 2. The molecular formula is C24H28BN6O2. The van der Waals surface area contributed by atoms with E-state index in [1.54, 1.807) is 30.7 Å². The molecule has 2 amide bonds. The van der Waals surface area contributed by atoms with Gasteiger partial charge < -0.3 is 21.6 Å². The van der Waals surface area contributed by atoms with E-state index in [9.17, 15) is 9.59 Å². The number of hydrogen-bond acceptors (Lipinski definition) is 6. The molecule has 0 aliphatic carbocycles. The number of aryl methyl sites for hydroxylation is 1. The smallest absolute Gasteiger partial charge is 0.239 e. The van der Waals surface area contributed by atoms with Gasteiger partial charge in [0.2, 0.25) is 19.2 Å². The van der Waals surface area contributed by atoms with Crippen molar-refractivity contribution in [2.45, 2.75) is 31.7 Å². The molecule has 0 saturated carbocycles. The minimum atomic E-state index is -0.462. The highest BCUT2D eigenvalue weighted by atomic mass is 16.2. The van der Waals surface area contributed by atoms with Gasteiger partial charge in [-0.05, 0) is 48.5 Å². The third kappa shape index (κ3) is 8.74. The number of nitrogens with two attached hydrogens (primary N) is 1. The number of carbonyl (C=O) groups is 2. The lowest BCUT2D eigenvalue weighted by Gasteiger charge is -2.18. The Balaban J connectivity index is 1.48. The van der Waals surface area contributed by atoms with Gasteiger partial charge in [-0.3, -0.25) is 14.6 Å². The Bertz CT molecular complexity index is 1000. The van der Waals surface area contributed by atoms with Gasteiger partial charge in [0.05, 0.1) is 12.6 Å². The average Bonchev–Trinajstić information content (AvgIpc) is 2.85. The summed E-state index contributed by atoms with van der Waals surface area (Å²) < 4.78 is 0. The Morgan fingerprint density at radius 2 is 1.73 bits per heavy atom. The van der Waals surface area contributed by atoms with Crippen molar-refractivity contribution in [3.63, 3.8) is 0 Å². The van der Waals surface area contributed by atoms with E-state index in [2.05, 4.69) is 25.8 Å². The fraction of sp³-hybridized carbons (Fsp3) is 0.250. The van der Waals surface area contributed by atoms with Crippen LogP contribution in [0, 0.1) is 0 Å². The van der Waals surface area contributed by atoms with Gasteiger partial charge in [0.25, 0.3) is 0 Å². The number of pyridine rings is 2. The molecule has 1 atom stereocenters. The van der Waals surface area contributed by atoms with E-state index in [1.807, 2.05) is 49.9 Å². The van der Waals surface area contributed by atoms with Crippen LogP contribution in [0.4, 0.5) is 5.82 Å². The molecule has 1 radical (unpaired) electrons. The molecule has 0 saturated heterocycles. The van der Waals surface area contributed by atoms with E-state index in [0.29, 0.717) is 31.5 Å². The molecule has 0 spiro atoms. The van der Waals surface area contributed by atoms with Crippen molar-refractivity contribution in [3.8, 4) is 0 Å². The van der Waals surface area contributed by atoms with Gasteiger partial charge in [-0.1, -0.05) is 42.0 Å². The molecule has 2 heterocycles. The number of benzene rings is 1. The first kappa shape index (κ1) is 23.9. The number of nitrogen functional groups attached to an aromatic ring is 1. The molecule has 169 valence electrons. The molecule has 0 fully saturated rings. The number of rotatable bonds is 12. The molecule has 1 unspecified atom stereocenters. The number of aromatic nitrogens is 2. The lowest BCUT2D eigenvalue weighted by Crippen LogP contribution is -2.48. The Hall–Kier alpha value is -3.72. The fourth-order valence-corrected chi connectivity index (χ4v) is 3.18. The van der Waals surface area contributed by atoms with Crippen LogP contribution in [0.3, 0.4) is 0 Å². The molecule has 0 aliphatic heterocycles. The maximum Gasteiger partial charge on any atom is 0.239 e. The van der Waals surface area contributed by atoms with Crippen molar-refractivity contribution in [1.82, 2.24) is 25.8 Å². The van der Waals surface area contributed by atoms with Crippen molar-refractivity contribution in [2.75, 3.05) is 12.3 Å². The molecule has 0 aliphatic rings. The zero-order valence-electron chi connectivity index (χ0n) is 18.4. The normalized spacial score (nSPS) is 11.4. The second kappa shape index (κ2) is 13.0. The molecule has 5 N–H and O–H groups in total. The van der Waals surface area contributed by atoms with Gasteiger partial charge in [-0.25, -0.2) is 4.98 Å². The van der Waals surface area contributed by atoms with E-state index < -0.39 is 6.04 Å². The minimum absolute atomic E-state index is 0.104. The van der Waals surface area contributed by atoms with Gasteiger partial charge in [-0.2, -0.15) is 0 Å². The topological polar surface area (TPSA) is 122 Å². The van der Waals surface area contributed by atoms with Crippen molar-refractivity contribution >= 4 is 25.0 Å². The van der Waals surface area contributed by atoms with Crippen LogP contribution >= 0.6 is 0 Å². The van der Waals surface area contributed by atoms with Gasteiger partial charge in [0.15, 0.2) is 0 Å². The van der Waals surface area contributed by atoms with Crippen LogP contribution in [-0.2, 0) is 28.9 Å². The number of hydrogen-bond donors (Lipinski definition) is 4. The van der Waals surface area contributed by atoms with Crippen LogP contribution in [0.1, 0.15) is 23.1 Å². The zero-order chi connectivity index (χ0) is 23.3. The Morgan fingerprint density at radius 3 is 2.45 bits per heavy atom. The largest absolute Gasteiger partial charge is 0.384 e.